The first kappa shape index (κ1) is 16.3. The summed E-state index contributed by atoms with van der Waals surface area (Å²) >= 11 is 2.12. The molecule has 108 valence electrons. The fraction of sp³-hybridized carbons (Fsp3) is 1.00. The lowest BCUT2D eigenvalue weighted by Gasteiger charge is -2.30. The molecule has 0 aliphatic carbocycles. The first-order valence-corrected chi connectivity index (χ1v) is 8.65. The van der Waals surface area contributed by atoms with Crippen molar-refractivity contribution in [1.29, 1.82) is 0 Å². The molecule has 1 atom stereocenters. The van der Waals surface area contributed by atoms with Crippen molar-refractivity contribution in [3.63, 3.8) is 0 Å². The molecule has 1 aliphatic heterocycles. The maximum Gasteiger partial charge on any atom is 0.0218 e. The van der Waals surface area contributed by atoms with Crippen molar-refractivity contribution >= 4 is 11.8 Å². The third-order valence-corrected chi connectivity index (χ3v) is 5.42. The van der Waals surface area contributed by atoms with E-state index >= 15 is 0 Å². The summed E-state index contributed by atoms with van der Waals surface area (Å²) in [6.07, 6.45) is 8.01. The molecular weight excluding hydrogens is 240 g/mol. The second kappa shape index (κ2) is 8.44. The Morgan fingerprint density at radius 3 is 2.67 bits per heavy atom. The van der Waals surface area contributed by atoms with Gasteiger partial charge in [-0.25, -0.2) is 0 Å². The summed E-state index contributed by atoms with van der Waals surface area (Å²) in [4.78, 5) is 2.65. The summed E-state index contributed by atoms with van der Waals surface area (Å²) in [6.45, 7) is 10.3. The van der Waals surface area contributed by atoms with E-state index in [4.69, 9.17) is 5.73 Å². The van der Waals surface area contributed by atoms with E-state index in [-0.39, 0.29) is 0 Å². The monoisotopic (exact) mass is 272 g/mol. The van der Waals surface area contributed by atoms with Gasteiger partial charge < -0.3 is 5.73 Å². The van der Waals surface area contributed by atoms with Gasteiger partial charge in [0.15, 0.2) is 0 Å². The van der Waals surface area contributed by atoms with Crippen LogP contribution in [0.15, 0.2) is 0 Å². The Labute approximate surface area is 118 Å². The van der Waals surface area contributed by atoms with Crippen LogP contribution in [0.5, 0.6) is 0 Å². The zero-order valence-electron chi connectivity index (χ0n) is 12.6. The number of hydrogen-bond donors (Lipinski definition) is 1. The summed E-state index contributed by atoms with van der Waals surface area (Å²) in [5, 5.41) is 0. The molecule has 0 bridgehead atoms. The molecule has 1 heterocycles. The molecule has 1 rings (SSSR count). The number of nitrogens with zero attached hydrogens (tertiary/aromatic N) is 1. The number of unbranched alkanes of at least 4 members (excludes halogenated alkanes) is 3. The summed E-state index contributed by atoms with van der Waals surface area (Å²) in [7, 11) is 0. The third-order valence-electron chi connectivity index (χ3n) is 4.05. The predicted octanol–water partition coefficient (Wildman–Crippen LogP) is 3.50. The number of nitrogens with two attached hydrogens (primary N) is 1. The molecule has 0 radical (unpaired) electrons. The van der Waals surface area contributed by atoms with Crippen LogP contribution < -0.4 is 5.73 Å². The van der Waals surface area contributed by atoms with Gasteiger partial charge in [0.05, 0.1) is 0 Å². The van der Waals surface area contributed by atoms with E-state index in [1.807, 2.05) is 0 Å². The first-order chi connectivity index (χ1) is 8.59. The largest absolute Gasteiger partial charge is 0.329 e. The van der Waals surface area contributed by atoms with Crippen molar-refractivity contribution in [1.82, 2.24) is 4.90 Å². The second-order valence-corrected chi connectivity index (χ2v) is 7.94. The average molecular weight is 273 g/mol. The van der Waals surface area contributed by atoms with Crippen LogP contribution >= 0.6 is 11.8 Å². The summed E-state index contributed by atoms with van der Waals surface area (Å²) in [6, 6.07) is 0.622. The first-order valence-electron chi connectivity index (χ1n) is 7.67. The number of rotatable bonds is 7. The van der Waals surface area contributed by atoms with Crippen molar-refractivity contribution in [3.05, 3.63) is 0 Å². The van der Waals surface area contributed by atoms with Crippen LogP contribution in [-0.4, -0.2) is 41.1 Å². The molecule has 0 aromatic heterocycles. The molecule has 1 aliphatic rings. The minimum Gasteiger partial charge on any atom is -0.329 e. The maximum absolute atomic E-state index is 5.99. The number of hydrogen-bond acceptors (Lipinski definition) is 3. The molecule has 2 nitrogen and oxygen atoms in total. The summed E-state index contributed by atoms with van der Waals surface area (Å²) in [5.41, 5.74) is 5.99. The molecule has 0 aromatic rings. The Bertz CT molecular complexity index is 219. The minimum absolute atomic E-state index is 0.454. The van der Waals surface area contributed by atoms with Gasteiger partial charge in [-0.15, -0.1) is 0 Å². The van der Waals surface area contributed by atoms with E-state index in [9.17, 15) is 0 Å². The highest BCUT2D eigenvalue weighted by Crippen LogP contribution is 2.31. The van der Waals surface area contributed by atoms with E-state index in [1.54, 1.807) is 0 Å². The van der Waals surface area contributed by atoms with Crippen LogP contribution in [0.3, 0.4) is 0 Å². The maximum atomic E-state index is 5.99. The molecule has 0 spiro atoms. The Kier molecular flexibility index (Phi) is 7.66. The van der Waals surface area contributed by atoms with Crippen molar-refractivity contribution in [2.24, 2.45) is 5.73 Å². The zero-order chi connectivity index (χ0) is 13.4. The van der Waals surface area contributed by atoms with E-state index in [2.05, 4.69) is 37.4 Å². The van der Waals surface area contributed by atoms with E-state index < -0.39 is 0 Å². The van der Waals surface area contributed by atoms with Gasteiger partial charge in [0, 0.05) is 29.6 Å². The SMILES string of the molecule is CCCCCCC(CN)N1CCSC(C)(C)CC1. The smallest absolute Gasteiger partial charge is 0.0218 e. The van der Waals surface area contributed by atoms with E-state index in [1.165, 1.54) is 57.4 Å². The van der Waals surface area contributed by atoms with Crippen LogP contribution in [0.2, 0.25) is 0 Å². The topological polar surface area (TPSA) is 29.3 Å². The van der Waals surface area contributed by atoms with Gasteiger partial charge in [-0.2, -0.15) is 11.8 Å². The lowest BCUT2D eigenvalue weighted by atomic mass is 10.0. The van der Waals surface area contributed by atoms with Gasteiger partial charge in [0.1, 0.15) is 0 Å². The fourth-order valence-corrected chi connectivity index (χ4v) is 3.77. The third kappa shape index (κ3) is 5.94. The molecular formula is C15H32N2S. The molecule has 3 heteroatoms. The molecule has 0 amide bonds. The van der Waals surface area contributed by atoms with Gasteiger partial charge in [0.2, 0.25) is 0 Å². The van der Waals surface area contributed by atoms with Crippen LogP contribution in [0.1, 0.15) is 59.3 Å². The summed E-state index contributed by atoms with van der Waals surface area (Å²) in [5.74, 6) is 1.26. The Balaban J connectivity index is 2.34. The second-order valence-electron chi connectivity index (χ2n) is 6.13. The van der Waals surface area contributed by atoms with Crippen molar-refractivity contribution in [2.45, 2.75) is 70.1 Å². The van der Waals surface area contributed by atoms with Crippen molar-refractivity contribution < 1.29 is 0 Å². The number of thioether (sulfide) groups is 1. The standard InChI is InChI=1S/C15H32N2S/c1-4-5-6-7-8-14(13-16)17-10-9-15(2,3)18-12-11-17/h14H,4-13,16H2,1-3H3. The van der Waals surface area contributed by atoms with Gasteiger partial charge in [-0.3, -0.25) is 4.90 Å². The van der Waals surface area contributed by atoms with E-state index in [0.29, 0.717) is 10.8 Å². The van der Waals surface area contributed by atoms with Gasteiger partial charge in [-0.1, -0.05) is 46.5 Å². The lowest BCUT2D eigenvalue weighted by Crippen LogP contribution is -2.42. The average Bonchev–Trinajstić information content (AvgIpc) is 2.51. The Morgan fingerprint density at radius 1 is 1.22 bits per heavy atom. The Morgan fingerprint density at radius 2 is 2.00 bits per heavy atom. The zero-order valence-corrected chi connectivity index (χ0v) is 13.4. The lowest BCUT2D eigenvalue weighted by molar-refractivity contribution is 0.195. The van der Waals surface area contributed by atoms with Crippen LogP contribution in [0.4, 0.5) is 0 Å². The molecule has 1 saturated heterocycles. The van der Waals surface area contributed by atoms with E-state index in [0.717, 1.165) is 6.54 Å². The highest BCUT2D eigenvalue weighted by Gasteiger charge is 2.26. The van der Waals surface area contributed by atoms with Crippen LogP contribution in [-0.2, 0) is 0 Å². The normalized spacial score (nSPS) is 22.7. The van der Waals surface area contributed by atoms with Crippen LogP contribution in [0, 0.1) is 0 Å². The molecule has 0 saturated carbocycles. The molecule has 1 fully saturated rings. The summed E-state index contributed by atoms with van der Waals surface area (Å²) < 4.78 is 0.454. The molecule has 2 N–H and O–H groups in total. The van der Waals surface area contributed by atoms with Crippen LogP contribution in [0.25, 0.3) is 0 Å². The fourth-order valence-electron chi connectivity index (χ4n) is 2.66. The quantitative estimate of drug-likeness (QED) is 0.719. The molecule has 18 heavy (non-hydrogen) atoms. The minimum atomic E-state index is 0.454. The van der Waals surface area contributed by atoms with Gasteiger partial charge in [-0.05, 0) is 19.4 Å². The van der Waals surface area contributed by atoms with Crippen molar-refractivity contribution in [3.8, 4) is 0 Å². The highest BCUT2D eigenvalue weighted by molar-refractivity contribution is 8.00. The van der Waals surface area contributed by atoms with Crippen molar-refractivity contribution in [2.75, 3.05) is 25.4 Å². The highest BCUT2D eigenvalue weighted by atomic mass is 32.2. The van der Waals surface area contributed by atoms with Gasteiger partial charge >= 0.3 is 0 Å². The predicted molar refractivity (Wildman–Crippen MR) is 84.3 cm³/mol. The molecule has 0 aromatic carbocycles. The Hall–Kier alpha value is 0.270. The molecule has 1 unspecified atom stereocenters. The van der Waals surface area contributed by atoms with Gasteiger partial charge in [0.25, 0.3) is 0 Å².